The Kier molecular flexibility index (Phi) is 7.22. The van der Waals surface area contributed by atoms with Gasteiger partial charge in [-0.1, -0.05) is 6.58 Å². The minimum absolute atomic E-state index is 0.167. The van der Waals surface area contributed by atoms with E-state index < -0.39 is 6.16 Å². The highest BCUT2D eigenvalue weighted by atomic mass is 16.6. The van der Waals surface area contributed by atoms with E-state index in [1.807, 2.05) is 0 Å². The van der Waals surface area contributed by atoms with Gasteiger partial charge < -0.3 is 15.3 Å². The SMILES string of the molecule is C=C(C)O.O=C(O)O. The van der Waals surface area contributed by atoms with E-state index in [-0.39, 0.29) is 5.76 Å². The summed E-state index contributed by atoms with van der Waals surface area (Å²) in [4.78, 5) is 8.56. The van der Waals surface area contributed by atoms with Gasteiger partial charge in [-0.25, -0.2) is 4.79 Å². The molecule has 8 heavy (non-hydrogen) atoms. The highest BCUT2D eigenvalue weighted by molar-refractivity contribution is 5.53. The number of carbonyl (C=O) groups is 1. The number of hydrogen-bond donors (Lipinski definition) is 3. The average molecular weight is 120 g/mol. The molecule has 0 aliphatic carbocycles. The van der Waals surface area contributed by atoms with Gasteiger partial charge in [0.1, 0.15) is 0 Å². The normalized spacial score (nSPS) is 6.12. The van der Waals surface area contributed by atoms with Gasteiger partial charge in [-0.05, 0) is 6.92 Å². The smallest absolute Gasteiger partial charge is 0.503 e. The van der Waals surface area contributed by atoms with Crippen molar-refractivity contribution in [2.45, 2.75) is 6.92 Å². The van der Waals surface area contributed by atoms with Crippen LogP contribution in [0.25, 0.3) is 0 Å². The van der Waals surface area contributed by atoms with E-state index in [1.165, 1.54) is 6.92 Å². The lowest BCUT2D eigenvalue weighted by Gasteiger charge is -1.68. The molecular formula is C4H8O4. The Morgan fingerprint density at radius 3 is 1.38 bits per heavy atom. The largest absolute Gasteiger partial charge is 0.513 e. The molecule has 0 amide bonds. The molecule has 0 saturated heterocycles. The van der Waals surface area contributed by atoms with Crippen molar-refractivity contribution in [2.24, 2.45) is 0 Å². The Morgan fingerprint density at radius 1 is 1.38 bits per heavy atom. The lowest BCUT2D eigenvalue weighted by Crippen LogP contribution is -1.81. The van der Waals surface area contributed by atoms with Crippen molar-refractivity contribution in [1.82, 2.24) is 0 Å². The molecule has 0 aliphatic rings. The van der Waals surface area contributed by atoms with Crippen molar-refractivity contribution in [1.29, 1.82) is 0 Å². The molecule has 48 valence electrons. The van der Waals surface area contributed by atoms with Crippen molar-refractivity contribution in [3.8, 4) is 0 Å². The Balaban J connectivity index is 0. The number of aliphatic hydroxyl groups is 1. The zero-order valence-electron chi connectivity index (χ0n) is 4.46. The number of carboxylic acid groups (broad SMARTS) is 2. The monoisotopic (exact) mass is 120 g/mol. The molecule has 0 fully saturated rings. The van der Waals surface area contributed by atoms with Crippen LogP contribution in [-0.2, 0) is 0 Å². The molecule has 0 atom stereocenters. The fourth-order valence-corrected chi connectivity index (χ4v) is 0. The second kappa shape index (κ2) is 5.81. The summed E-state index contributed by atoms with van der Waals surface area (Å²) in [6.07, 6.45) is -1.83. The van der Waals surface area contributed by atoms with Crippen molar-refractivity contribution in [3.05, 3.63) is 12.3 Å². The molecule has 0 spiro atoms. The van der Waals surface area contributed by atoms with Crippen LogP contribution in [0.15, 0.2) is 12.3 Å². The third-order valence-electron chi connectivity index (χ3n) is 0. The van der Waals surface area contributed by atoms with Crippen molar-refractivity contribution >= 4 is 6.16 Å². The molecule has 0 aliphatic heterocycles. The number of aliphatic hydroxyl groups excluding tert-OH is 1. The van der Waals surface area contributed by atoms with Gasteiger partial charge in [0, 0.05) is 0 Å². The number of hydrogen-bond acceptors (Lipinski definition) is 2. The van der Waals surface area contributed by atoms with E-state index in [0.717, 1.165) is 0 Å². The van der Waals surface area contributed by atoms with Gasteiger partial charge in [-0.3, -0.25) is 0 Å². The molecule has 0 saturated carbocycles. The summed E-state index contributed by atoms with van der Waals surface area (Å²) in [5, 5.41) is 21.8. The second-order valence-corrected chi connectivity index (χ2v) is 1.02. The van der Waals surface area contributed by atoms with Crippen LogP contribution in [0.2, 0.25) is 0 Å². The van der Waals surface area contributed by atoms with Crippen LogP contribution in [0.1, 0.15) is 6.92 Å². The zero-order chi connectivity index (χ0) is 7.15. The quantitative estimate of drug-likeness (QED) is 0.421. The lowest BCUT2D eigenvalue weighted by atomic mass is 10.7. The van der Waals surface area contributed by atoms with E-state index in [2.05, 4.69) is 6.58 Å². The van der Waals surface area contributed by atoms with Gasteiger partial charge in [-0.2, -0.15) is 0 Å². The fourth-order valence-electron chi connectivity index (χ4n) is 0. The molecule has 0 aromatic heterocycles. The molecular weight excluding hydrogens is 112 g/mol. The summed E-state index contributed by atoms with van der Waals surface area (Å²) in [7, 11) is 0. The molecule has 0 unspecified atom stereocenters. The number of rotatable bonds is 0. The molecule has 0 bridgehead atoms. The Morgan fingerprint density at radius 2 is 1.38 bits per heavy atom. The molecule has 3 N–H and O–H groups in total. The summed E-state index contributed by atoms with van der Waals surface area (Å²) in [6, 6.07) is 0. The van der Waals surface area contributed by atoms with E-state index in [1.54, 1.807) is 0 Å². The first-order valence-corrected chi connectivity index (χ1v) is 1.73. The number of allylic oxidation sites excluding steroid dienone is 1. The highest BCUT2D eigenvalue weighted by Crippen LogP contribution is 1.66. The van der Waals surface area contributed by atoms with Crippen LogP contribution in [0.3, 0.4) is 0 Å². The predicted molar refractivity (Wildman–Crippen MR) is 28.1 cm³/mol. The summed E-state index contributed by atoms with van der Waals surface area (Å²) in [5.41, 5.74) is 0. The summed E-state index contributed by atoms with van der Waals surface area (Å²) in [5.74, 6) is 0.167. The third kappa shape index (κ3) is 49.3. The summed E-state index contributed by atoms with van der Waals surface area (Å²) in [6.45, 7) is 4.64. The van der Waals surface area contributed by atoms with E-state index in [0.29, 0.717) is 0 Å². The van der Waals surface area contributed by atoms with Gasteiger partial charge in [-0.15, -0.1) is 0 Å². The van der Waals surface area contributed by atoms with E-state index >= 15 is 0 Å². The van der Waals surface area contributed by atoms with Gasteiger partial charge in [0.25, 0.3) is 0 Å². The van der Waals surface area contributed by atoms with Crippen LogP contribution in [0, 0.1) is 0 Å². The minimum Gasteiger partial charge on any atom is -0.513 e. The Hall–Kier alpha value is -1.19. The van der Waals surface area contributed by atoms with E-state index in [4.69, 9.17) is 20.1 Å². The first-order chi connectivity index (χ1) is 3.46. The maximum atomic E-state index is 8.56. The fraction of sp³-hybridized carbons (Fsp3) is 0.250. The maximum Gasteiger partial charge on any atom is 0.503 e. The standard InChI is InChI=1S/C3H6O.CH2O3/c1-3(2)4;2-1(3)4/h4H,1H2,2H3;(H2,2,3,4). The maximum absolute atomic E-state index is 8.56. The van der Waals surface area contributed by atoms with Gasteiger partial charge in [0.2, 0.25) is 0 Å². The van der Waals surface area contributed by atoms with Crippen LogP contribution in [0.5, 0.6) is 0 Å². The average Bonchev–Trinajstić information content (AvgIpc) is 1.25. The molecule has 0 aromatic rings. The Bertz CT molecular complexity index is 66.0. The van der Waals surface area contributed by atoms with Crippen LogP contribution in [-0.4, -0.2) is 21.5 Å². The van der Waals surface area contributed by atoms with E-state index in [9.17, 15) is 0 Å². The van der Waals surface area contributed by atoms with Crippen LogP contribution >= 0.6 is 0 Å². The third-order valence-corrected chi connectivity index (χ3v) is 0. The summed E-state index contributed by atoms with van der Waals surface area (Å²) < 4.78 is 0. The van der Waals surface area contributed by atoms with Crippen molar-refractivity contribution < 1.29 is 20.1 Å². The predicted octanol–water partition coefficient (Wildman–Crippen LogP) is 1.30. The zero-order valence-corrected chi connectivity index (χ0v) is 4.46. The van der Waals surface area contributed by atoms with Gasteiger partial charge in [0.15, 0.2) is 0 Å². The minimum atomic E-state index is -1.83. The first-order valence-electron chi connectivity index (χ1n) is 1.73. The Labute approximate surface area is 46.7 Å². The van der Waals surface area contributed by atoms with Gasteiger partial charge in [0.05, 0.1) is 5.76 Å². The second-order valence-electron chi connectivity index (χ2n) is 1.02. The highest BCUT2D eigenvalue weighted by Gasteiger charge is 1.70. The lowest BCUT2D eigenvalue weighted by molar-refractivity contribution is 0.137. The van der Waals surface area contributed by atoms with Gasteiger partial charge >= 0.3 is 6.16 Å². The molecule has 0 aromatic carbocycles. The molecule has 4 heteroatoms. The molecule has 4 nitrogen and oxygen atoms in total. The first kappa shape index (κ1) is 9.94. The molecule has 0 heterocycles. The van der Waals surface area contributed by atoms with Crippen LogP contribution in [0.4, 0.5) is 4.79 Å². The molecule has 0 rings (SSSR count). The van der Waals surface area contributed by atoms with Crippen molar-refractivity contribution in [2.75, 3.05) is 0 Å². The summed E-state index contributed by atoms with van der Waals surface area (Å²) >= 11 is 0. The van der Waals surface area contributed by atoms with Crippen molar-refractivity contribution in [3.63, 3.8) is 0 Å². The van der Waals surface area contributed by atoms with Crippen LogP contribution < -0.4 is 0 Å². The topological polar surface area (TPSA) is 77.8 Å². The molecule has 0 radical (unpaired) electrons.